The topological polar surface area (TPSA) is 71.5 Å². The van der Waals surface area contributed by atoms with E-state index >= 15 is 0 Å². The lowest BCUT2D eigenvalue weighted by molar-refractivity contribution is -0.135. The Hall–Kier alpha value is -1.80. The molecule has 2 atom stereocenters. The van der Waals surface area contributed by atoms with E-state index in [4.69, 9.17) is 4.74 Å². The second-order valence-corrected chi connectivity index (χ2v) is 8.87. The lowest BCUT2D eigenvalue weighted by atomic mass is 10.2. The van der Waals surface area contributed by atoms with Gasteiger partial charge in [-0.25, -0.2) is 4.98 Å². The van der Waals surface area contributed by atoms with Gasteiger partial charge in [0, 0.05) is 12.2 Å². The minimum Gasteiger partial charge on any atom is -0.494 e. The van der Waals surface area contributed by atoms with Gasteiger partial charge >= 0.3 is 0 Å². The third kappa shape index (κ3) is 2.87. The molecule has 2 aliphatic heterocycles. The Balaban J connectivity index is 1.53. The van der Waals surface area contributed by atoms with Crippen molar-refractivity contribution in [2.24, 2.45) is 0 Å². The molecule has 0 aliphatic carbocycles. The summed E-state index contributed by atoms with van der Waals surface area (Å²) in [6.45, 7) is 4.59. The second-order valence-electron chi connectivity index (χ2n) is 6.34. The summed E-state index contributed by atoms with van der Waals surface area (Å²) in [6, 6.07) is 5.27. The summed E-state index contributed by atoms with van der Waals surface area (Å²) in [5.74, 6) is 1.34. The molecule has 2 aromatic rings. The number of aromatic nitrogens is 1. The van der Waals surface area contributed by atoms with Crippen LogP contribution in [0.2, 0.25) is 0 Å². The molecule has 132 valence electrons. The standard InChI is InChI=1S/C17H19N3O3S2/c1-3-23-10-4-5-11-13(8-10)25-16(18-11)19-15(22)12-9-24-17(2)7-6-14(21)20(12)17/h4-5,8,12H,3,6-7,9H2,1-2H3,(H,18,19,22)/t12-,17-/m0/s1. The Morgan fingerprint density at radius 3 is 3.16 bits per heavy atom. The Morgan fingerprint density at radius 1 is 1.52 bits per heavy atom. The van der Waals surface area contributed by atoms with Crippen molar-refractivity contribution in [2.45, 2.75) is 37.6 Å². The van der Waals surface area contributed by atoms with Gasteiger partial charge in [-0.1, -0.05) is 11.3 Å². The van der Waals surface area contributed by atoms with E-state index in [-0.39, 0.29) is 16.7 Å². The van der Waals surface area contributed by atoms with E-state index in [1.807, 2.05) is 32.0 Å². The maximum absolute atomic E-state index is 12.7. The number of ether oxygens (including phenoxy) is 1. The zero-order valence-electron chi connectivity index (χ0n) is 14.1. The highest BCUT2D eigenvalue weighted by atomic mass is 32.2. The number of benzene rings is 1. The van der Waals surface area contributed by atoms with E-state index in [1.54, 1.807) is 16.7 Å². The number of nitrogens with zero attached hydrogens (tertiary/aromatic N) is 2. The fourth-order valence-corrected chi connectivity index (χ4v) is 5.75. The van der Waals surface area contributed by atoms with Crippen molar-refractivity contribution in [1.29, 1.82) is 0 Å². The van der Waals surface area contributed by atoms with Gasteiger partial charge in [-0.3, -0.25) is 9.59 Å². The summed E-state index contributed by atoms with van der Waals surface area (Å²) in [6.07, 6.45) is 1.33. The van der Waals surface area contributed by atoms with Crippen molar-refractivity contribution in [3.8, 4) is 5.75 Å². The van der Waals surface area contributed by atoms with Crippen LogP contribution in [0, 0.1) is 0 Å². The van der Waals surface area contributed by atoms with Crippen LogP contribution in [-0.2, 0) is 9.59 Å². The largest absolute Gasteiger partial charge is 0.494 e. The number of nitrogens with one attached hydrogen (secondary N) is 1. The number of thioether (sulfide) groups is 1. The maximum Gasteiger partial charge on any atom is 0.249 e. The van der Waals surface area contributed by atoms with Crippen molar-refractivity contribution in [2.75, 3.05) is 17.7 Å². The van der Waals surface area contributed by atoms with Crippen LogP contribution in [0.1, 0.15) is 26.7 Å². The van der Waals surface area contributed by atoms with Crippen molar-refractivity contribution in [3.05, 3.63) is 18.2 Å². The summed E-state index contributed by atoms with van der Waals surface area (Å²) in [7, 11) is 0. The van der Waals surface area contributed by atoms with Crippen LogP contribution in [0.5, 0.6) is 5.75 Å². The van der Waals surface area contributed by atoms with Crippen LogP contribution in [-0.4, -0.2) is 45.0 Å². The Kier molecular flexibility index (Phi) is 4.11. The van der Waals surface area contributed by atoms with Crippen molar-refractivity contribution in [3.63, 3.8) is 0 Å². The highest BCUT2D eigenvalue weighted by molar-refractivity contribution is 8.01. The number of hydrogen-bond acceptors (Lipinski definition) is 6. The predicted molar refractivity (Wildman–Crippen MR) is 100 cm³/mol. The van der Waals surface area contributed by atoms with Gasteiger partial charge < -0.3 is 15.0 Å². The third-order valence-electron chi connectivity index (χ3n) is 4.65. The molecule has 2 fully saturated rings. The molecular formula is C17H19N3O3S2. The maximum atomic E-state index is 12.7. The second kappa shape index (κ2) is 6.17. The fourth-order valence-electron chi connectivity index (χ4n) is 3.42. The molecule has 0 radical (unpaired) electrons. The number of thiazole rings is 1. The molecule has 8 heteroatoms. The van der Waals surface area contributed by atoms with E-state index in [9.17, 15) is 9.59 Å². The zero-order valence-corrected chi connectivity index (χ0v) is 15.7. The van der Waals surface area contributed by atoms with Gasteiger partial charge in [-0.2, -0.15) is 0 Å². The van der Waals surface area contributed by atoms with Gasteiger partial charge in [0.1, 0.15) is 11.8 Å². The van der Waals surface area contributed by atoms with E-state index in [0.717, 1.165) is 22.4 Å². The molecule has 6 nitrogen and oxygen atoms in total. The van der Waals surface area contributed by atoms with Crippen LogP contribution < -0.4 is 10.1 Å². The molecule has 25 heavy (non-hydrogen) atoms. The van der Waals surface area contributed by atoms with Gasteiger partial charge in [-0.05, 0) is 38.5 Å². The van der Waals surface area contributed by atoms with Gasteiger partial charge in [0.15, 0.2) is 5.13 Å². The first-order chi connectivity index (χ1) is 12.0. The summed E-state index contributed by atoms with van der Waals surface area (Å²) in [4.78, 5) is 30.9. The number of carbonyl (C=O) groups is 2. The Labute approximate surface area is 153 Å². The molecule has 0 unspecified atom stereocenters. The first kappa shape index (κ1) is 16.7. The highest BCUT2D eigenvalue weighted by Crippen LogP contribution is 2.47. The van der Waals surface area contributed by atoms with Crippen molar-refractivity contribution < 1.29 is 14.3 Å². The van der Waals surface area contributed by atoms with Crippen LogP contribution in [0.15, 0.2) is 18.2 Å². The van der Waals surface area contributed by atoms with Crippen LogP contribution in [0.3, 0.4) is 0 Å². The molecule has 4 rings (SSSR count). The summed E-state index contributed by atoms with van der Waals surface area (Å²) in [5.41, 5.74) is 0.826. The van der Waals surface area contributed by atoms with E-state index < -0.39 is 6.04 Å². The summed E-state index contributed by atoms with van der Waals surface area (Å²) >= 11 is 3.11. The molecule has 1 aromatic heterocycles. The molecule has 0 bridgehead atoms. The molecule has 0 saturated carbocycles. The van der Waals surface area contributed by atoms with Crippen molar-refractivity contribution in [1.82, 2.24) is 9.88 Å². The number of hydrogen-bond donors (Lipinski definition) is 1. The SMILES string of the molecule is CCOc1ccc2nc(NC(=O)[C@@H]3CS[C@@]4(C)CCC(=O)N34)sc2c1. The molecule has 3 heterocycles. The van der Waals surface area contributed by atoms with Crippen molar-refractivity contribution >= 4 is 50.3 Å². The highest BCUT2D eigenvalue weighted by Gasteiger charge is 2.52. The number of carbonyl (C=O) groups excluding carboxylic acids is 2. The summed E-state index contributed by atoms with van der Waals surface area (Å²) in [5, 5.41) is 3.45. The first-order valence-electron chi connectivity index (χ1n) is 8.30. The lowest BCUT2D eigenvalue weighted by Crippen LogP contribution is -2.48. The molecule has 2 saturated heterocycles. The Bertz CT molecular complexity index is 853. The Morgan fingerprint density at radius 2 is 2.36 bits per heavy atom. The quantitative estimate of drug-likeness (QED) is 0.887. The van der Waals surface area contributed by atoms with Gasteiger partial charge in [0.05, 0.1) is 21.7 Å². The minimum absolute atomic E-state index is 0.0679. The average Bonchev–Trinajstić information content (AvgIpc) is 3.21. The van der Waals surface area contributed by atoms with E-state index in [0.29, 0.717) is 23.9 Å². The minimum atomic E-state index is -0.420. The van der Waals surface area contributed by atoms with Crippen LogP contribution >= 0.6 is 23.1 Å². The van der Waals surface area contributed by atoms with E-state index in [2.05, 4.69) is 10.3 Å². The average molecular weight is 377 g/mol. The van der Waals surface area contributed by atoms with Gasteiger partial charge in [0.2, 0.25) is 11.8 Å². The van der Waals surface area contributed by atoms with Crippen LogP contribution in [0.4, 0.5) is 5.13 Å². The van der Waals surface area contributed by atoms with Gasteiger partial charge in [0.25, 0.3) is 0 Å². The van der Waals surface area contributed by atoms with Gasteiger partial charge in [-0.15, -0.1) is 11.8 Å². The molecule has 1 aromatic carbocycles. The summed E-state index contributed by atoms with van der Waals surface area (Å²) < 4.78 is 6.46. The lowest BCUT2D eigenvalue weighted by Gasteiger charge is -2.29. The number of amides is 2. The first-order valence-corrected chi connectivity index (χ1v) is 10.1. The third-order valence-corrected chi connectivity index (χ3v) is 7.09. The molecule has 2 aliphatic rings. The van der Waals surface area contributed by atoms with Crippen LogP contribution in [0.25, 0.3) is 10.2 Å². The molecule has 0 spiro atoms. The molecule has 2 amide bonds. The monoisotopic (exact) mass is 377 g/mol. The fraction of sp³-hybridized carbons (Fsp3) is 0.471. The number of rotatable bonds is 4. The molecular weight excluding hydrogens is 358 g/mol. The predicted octanol–water partition coefficient (Wildman–Crippen LogP) is 3.09. The normalized spacial score (nSPS) is 25.4. The smallest absolute Gasteiger partial charge is 0.249 e. The van der Waals surface area contributed by atoms with E-state index in [1.165, 1.54) is 11.3 Å². The number of fused-ring (bicyclic) bond motifs is 2. The number of anilines is 1. The molecule has 1 N–H and O–H groups in total. The zero-order chi connectivity index (χ0) is 17.6.